The average molecular weight is 395 g/mol. The monoisotopic (exact) mass is 394 g/mol. The van der Waals surface area contributed by atoms with Crippen molar-refractivity contribution in [1.82, 2.24) is 9.13 Å². The molecule has 0 aromatic heterocycles. The summed E-state index contributed by atoms with van der Waals surface area (Å²) in [7, 11) is 1.36. The van der Waals surface area contributed by atoms with Crippen LogP contribution in [0.5, 0.6) is 0 Å². The lowest BCUT2D eigenvalue weighted by molar-refractivity contribution is 0.00334. The van der Waals surface area contributed by atoms with Crippen LogP contribution in [-0.2, 0) is 8.85 Å². The number of rotatable bonds is 4. The zero-order valence-corrected chi connectivity index (χ0v) is 19.2. The molecule has 2 aliphatic heterocycles. The van der Waals surface area contributed by atoms with Crippen LogP contribution in [0.15, 0.2) is 0 Å². The highest BCUT2D eigenvalue weighted by Gasteiger charge is 2.55. The Kier molecular flexibility index (Phi) is 6.35. The van der Waals surface area contributed by atoms with Gasteiger partial charge in [-0.3, -0.25) is 9.13 Å². The molecule has 0 spiro atoms. The van der Waals surface area contributed by atoms with Gasteiger partial charge < -0.3 is 8.85 Å². The Morgan fingerprint density at radius 3 is 1.52 bits per heavy atom. The highest BCUT2D eigenvalue weighted by atomic mass is 28.4. The van der Waals surface area contributed by atoms with Gasteiger partial charge in [0, 0.05) is 27.3 Å². The molecule has 6 atom stereocenters. The van der Waals surface area contributed by atoms with E-state index in [1.54, 1.807) is 0 Å². The summed E-state index contributed by atoms with van der Waals surface area (Å²) in [6.07, 6.45) is 11.2. The van der Waals surface area contributed by atoms with Gasteiger partial charge in [-0.25, -0.2) is 0 Å². The minimum atomic E-state index is -2.47. The molecule has 2 saturated carbocycles. The molecule has 0 N–H and O–H groups in total. The third-order valence-corrected chi connectivity index (χ3v) is 12.3. The van der Waals surface area contributed by atoms with E-state index in [2.05, 4.69) is 23.0 Å². The van der Waals surface area contributed by atoms with Crippen LogP contribution in [0.3, 0.4) is 0 Å². The number of fused-ring (bicyclic) bond motifs is 2. The lowest BCUT2D eigenvalue weighted by Crippen LogP contribution is -2.73. The number of piperidine rings is 2. The summed E-state index contributed by atoms with van der Waals surface area (Å²) in [6, 6.07) is 0. The van der Waals surface area contributed by atoms with E-state index in [1.807, 2.05) is 14.2 Å². The first-order valence-corrected chi connectivity index (χ1v) is 13.4. The lowest BCUT2D eigenvalue weighted by atomic mass is 9.70. The molecular formula is C22H42N2O2Si. The van der Waals surface area contributed by atoms with Gasteiger partial charge in [-0.1, -0.05) is 39.5 Å². The third kappa shape index (κ3) is 3.68. The van der Waals surface area contributed by atoms with Crippen molar-refractivity contribution in [2.45, 2.75) is 65.2 Å². The maximum Gasteiger partial charge on any atom is 0.522 e. The molecule has 0 radical (unpaired) electrons. The molecule has 0 amide bonds. The minimum Gasteiger partial charge on any atom is -0.374 e. The third-order valence-electron chi connectivity index (χ3n) is 8.85. The highest BCUT2D eigenvalue weighted by molar-refractivity contribution is 6.61. The Hall–Kier alpha value is 0.0569. The smallest absolute Gasteiger partial charge is 0.374 e. The summed E-state index contributed by atoms with van der Waals surface area (Å²) in [5.74, 6) is 5.39. The first-order chi connectivity index (χ1) is 13.1. The minimum absolute atomic E-state index is 0.854. The van der Waals surface area contributed by atoms with E-state index in [4.69, 9.17) is 8.85 Å². The predicted octanol–water partition coefficient (Wildman–Crippen LogP) is 4.23. The van der Waals surface area contributed by atoms with Gasteiger partial charge in [0.05, 0.1) is 0 Å². The van der Waals surface area contributed by atoms with Crippen LogP contribution in [0.25, 0.3) is 0 Å². The Balaban J connectivity index is 1.49. The quantitative estimate of drug-likeness (QED) is 0.666. The molecule has 2 aliphatic carbocycles. The molecule has 6 unspecified atom stereocenters. The molecule has 5 heteroatoms. The predicted molar refractivity (Wildman–Crippen MR) is 112 cm³/mol. The molecule has 4 fully saturated rings. The largest absolute Gasteiger partial charge is 0.522 e. The van der Waals surface area contributed by atoms with E-state index >= 15 is 0 Å². The van der Waals surface area contributed by atoms with Gasteiger partial charge in [-0.05, 0) is 74.3 Å². The second-order valence-electron chi connectivity index (χ2n) is 10.1. The maximum absolute atomic E-state index is 6.35. The standard InChI is InChI=1S/C22H42N2O2Si/c1-17-7-5-9-19-15-23(13-11-21(17)19)27(25-3,26-4)24-14-12-22-18(2)8-6-10-20(22)16-24/h17-22H,5-16H2,1-4H3. The highest BCUT2D eigenvalue weighted by Crippen LogP contribution is 2.44. The molecule has 0 aromatic carbocycles. The molecule has 0 aromatic rings. The van der Waals surface area contributed by atoms with E-state index in [1.165, 1.54) is 77.5 Å². The van der Waals surface area contributed by atoms with Crippen molar-refractivity contribution in [3.63, 3.8) is 0 Å². The van der Waals surface area contributed by atoms with E-state index < -0.39 is 8.88 Å². The van der Waals surface area contributed by atoms with Gasteiger partial charge in [0.25, 0.3) is 0 Å². The van der Waals surface area contributed by atoms with Gasteiger partial charge in [0.15, 0.2) is 0 Å². The van der Waals surface area contributed by atoms with E-state index in [0.717, 1.165) is 35.5 Å². The van der Waals surface area contributed by atoms with Gasteiger partial charge >= 0.3 is 8.88 Å². The Bertz CT molecular complexity index is 461. The van der Waals surface area contributed by atoms with Crippen LogP contribution in [0, 0.1) is 35.5 Å². The molecule has 4 rings (SSSR count). The Labute approximate surface area is 168 Å². The van der Waals surface area contributed by atoms with Crippen LogP contribution in [0.4, 0.5) is 0 Å². The normalized spacial score (nSPS) is 41.8. The summed E-state index contributed by atoms with van der Waals surface area (Å²) in [4.78, 5) is 0. The topological polar surface area (TPSA) is 24.9 Å². The summed E-state index contributed by atoms with van der Waals surface area (Å²) in [5, 5.41) is 0. The van der Waals surface area contributed by atoms with Crippen LogP contribution < -0.4 is 0 Å². The van der Waals surface area contributed by atoms with E-state index in [0.29, 0.717) is 0 Å². The van der Waals surface area contributed by atoms with Crippen molar-refractivity contribution in [3.8, 4) is 0 Å². The molecule has 27 heavy (non-hydrogen) atoms. The zero-order chi connectivity index (χ0) is 19.0. The van der Waals surface area contributed by atoms with Crippen LogP contribution in [0.1, 0.15) is 65.2 Å². The van der Waals surface area contributed by atoms with Crippen molar-refractivity contribution in [1.29, 1.82) is 0 Å². The van der Waals surface area contributed by atoms with Gasteiger partial charge in [0.1, 0.15) is 0 Å². The van der Waals surface area contributed by atoms with Crippen molar-refractivity contribution >= 4 is 8.88 Å². The molecule has 4 aliphatic rings. The van der Waals surface area contributed by atoms with Crippen LogP contribution in [-0.4, -0.2) is 58.4 Å². The number of hydrogen-bond acceptors (Lipinski definition) is 4. The van der Waals surface area contributed by atoms with Gasteiger partial charge in [0.2, 0.25) is 0 Å². The number of nitrogens with zero attached hydrogens (tertiary/aromatic N) is 2. The molecule has 4 nitrogen and oxygen atoms in total. The maximum atomic E-state index is 6.35. The fourth-order valence-electron chi connectivity index (χ4n) is 7.35. The van der Waals surface area contributed by atoms with E-state index in [-0.39, 0.29) is 0 Å². The average Bonchev–Trinajstić information content (AvgIpc) is 2.70. The first kappa shape index (κ1) is 20.3. The van der Waals surface area contributed by atoms with Crippen molar-refractivity contribution in [2.75, 3.05) is 40.4 Å². The fourth-order valence-corrected chi connectivity index (χ4v) is 10.7. The number of hydrogen-bond donors (Lipinski definition) is 0. The summed E-state index contributed by atoms with van der Waals surface area (Å²) in [5.41, 5.74) is 0. The molecule has 0 bridgehead atoms. The van der Waals surface area contributed by atoms with Gasteiger partial charge in [-0.15, -0.1) is 0 Å². The molecule has 2 heterocycles. The van der Waals surface area contributed by atoms with Crippen molar-refractivity contribution in [3.05, 3.63) is 0 Å². The van der Waals surface area contributed by atoms with Crippen LogP contribution >= 0.6 is 0 Å². The SMILES string of the molecule is CO[Si](OC)(N1CCC2C(C)CCCC2C1)N1CCC2C(C)CCCC2C1. The van der Waals surface area contributed by atoms with Crippen molar-refractivity contribution in [2.24, 2.45) is 35.5 Å². The second kappa shape index (κ2) is 8.43. The van der Waals surface area contributed by atoms with Crippen LogP contribution in [0.2, 0.25) is 0 Å². The van der Waals surface area contributed by atoms with E-state index in [9.17, 15) is 0 Å². The molecule has 156 valence electrons. The Morgan fingerprint density at radius 2 is 1.11 bits per heavy atom. The summed E-state index contributed by atoms with van der Waals surface area (Å²) in [6.45, 7) is 9.70. The zero-order valence-electron chi connectivity index (χ0n) is 18.2. The second-order valence-corrected chi connectivity index (χ2v) is 13.3. The molecular weight excluding hydrogens is 352 g/mol. The summed E-state index contributed by atoms with van der Waals surface area (Å²) < 4.78 is 18.1. The van der Waals surface area contributed by atoms with Crippen molar-refractivity contribution < 1.29 is 8.85 Å². The van der Waals surface area contributed by atoms with Gasteiger partial charge in [-0.2, -0.15) is 0 Å². The fraction of sp³-hybridized carbons (Fsp3) is 1.00. The summed E-state index contributed by atoms with van der Waals surface area (Å²) >= 11 is 0. The first-order valence-electron chi connectivity index (χ1n) is 11.7. The lowest BCUT2D eigenvalue weighted by Gasteiger charge is -2.54. The Morgan fingerprint density at radius 1 is 0.667 bits per heavy atom. The molecule has 2 saturated heterocycles.